The molecule has 0 aromatic heterocycles. The minimum Gasteiger partial charge on any atom is -0.497 e. The molecule has 1 atom stereocenters. The molecule has 7 nitrogen and oxygen atoms in total. The summed E-state index contributed by atoms with van der Waals surface area (Å²) >= 11 is 0. The van der Waals surface area contributed by atoms with Gasteiger partial charge >= 0.3 is 0 Å². The molecule has 1 amide bonds. The number of carbonyl (C=O) groups excluding carboxylic acids is 1. The number of rotatable bonds is 6. The van der Waals surface area contributed by atoms with Gasteiger partial charge in [0.15, 0.2) is 0 Å². The lowest BCUT2D eigenvalue weighted by molar-refractivity contribution is -0.114. The lowest BCUT2D eigenvalue weighted by atomic mass is 10.0. The molecule has 1 aliphatic rings. The summed E-state index contributed by atoms with van der Waals surface area (Å²) in [7, 11) is -0.551. The Morgan fingerprint density at radius 1 is 1.11 bits per heavy atom. The zero-order valence-electron chi connectivity index (χ0n) is 16.1. The van der Waals surface area contributed by atoms with Crippen molar-refractivity contribution in [1.29, 1.82) is 0 Å². The largest absolute Gasteiger partial charge is 0.497 e. The van der Waals surface area contributed by atoms with Gasteiger partial charge < -0.3 is 14.8 Å². The molecule has 1 heterocycles. The Bertz CT molecular complexity index is 957. The minimum absolute atomic E-state index is 0.195. The van der Waals surface area contributed by atoms with Gasteiger partial charge in [0.2, 0.25) is 15.9 Å². The van der Waals surface area contributed by atoms with Crippen LogP contribution in [0.15, 0.2) is 47.4 Å². The number of methoxy groups -OCH3 is 2. The molecule has 1 saturated heterocycles. The molecule has 28 heavy (non-hydrogen) atoms. The van der Waals surface area contributed by atoms with Crippen LogP contribution in [0.2, 0.25) is 0 Å². The third kappa shape index (κ3) is 3.98. The number of anilines is 1. The molecule has 3 rings (SSSR count). The molecule has 0 radical (unpaired) electrons. The predicted octanol–water partition coefficient (Wildman–Crippen LogP) is 3.19. The fourth-order valence-corrected chi connectivity index (χ4v) is 5.16. The van der Waals surface area contributed by atoms with Crippen LogP contribution >= 0.6 is 0 Å². The van der Waals surface area contributed by atoms with Crippen molar-refractivity contribution in [3.05, 3.63) is 48.0 Å². The Hall–Kier alpha value is -2.58. The highest BCUT2D eigenvalue weighted by Crippen LogP contribution is 2.41. The number of nitrogens with zero attached hydrogens (tertiary/aromatic N) is 1. The third-order valence-corrected chi connectivity index (χ3v) is 6.71. The summed E-state index contributed by atoms with van der Waals surface area (Å²) in [4.78, 5) is 11.3. The van der Waals surface area contributed by atoms with Gasteiger partial charge in [0.05, 0.1) is 25.2 Å². The lowest BCUT2D eigenvalue weighted by Crippen LogP contribution is -2.30. The molecule has 0 aliphatic carbocycles. The van der Waals surface area contributed by atoms with Crippen LogP contribution in [-0.2, 0) is 14.8 Å². The first-order chi connectivity index (χ1) is 13.4. The van der Waals surface area contributed by atoms with Crippen molar-refractivity contribution in [2.75, 3.05) is 26.1 Å². The van der Waals surface area contributed by atoms with Crippen LogP contribution in [0, 0.1) is 0 Å². The van der Waals surface area contributed by atoms with E-state index in [1.165, 1.54) is 23.4 Å². The second-order valence-corrected chi connectivity index (χ2v) is 8.48. The topological polar surface area (TPSA) is 84.9 Å². The predicted molar refractivity (Wildman–Crippen MR) is 106 cm³/mol. The van der Waals surface area contributed by atoms with Crippen molar-refractivity contribution in [1.82, 2.24) is 4.31 Å². The summed E-state index contributed by atoms with van der Waals surface area (Å²) in [6, 6.07) is 11.3. The van der Waals surface area contributed by atoms with Crippen LogP contribution < -0.4 is 14.8 Å². The fraction of sp³-hybridized carbons (Fsp3) is 0.350. The highest BCUT2D eigenvalue weighted by Gasteiger charge is 2.37. The normalized spacial score (nSPS) is 17.3. The summed E-state index contributed by atoms with van der Waals surface area (Å²) in [5, 5.41) is 2.64. The van der Waals surface area contributed by atoms with Gasteiger partial charge in [-0.3, -0.25) is 4.79 Å². The highest BCUT2D eigenvalue weighted by atomic mass is 32.2. The second kappa shape index (κ2) is 8.20. The molecule has 1 aliphatic heterocycles. The summed E-state index contributed by atoms with van der Waals surface area (Å²) < 4.78 is 38.7. The Labute approximate surface area is 165 Å². The number of sulfonamides is 1. The van der Waals surface area contributed by atoms with Crippen molar-refractivity contribution in [2.45, 2.75) is 30.7 Å². The number of benzene rings is 2. The maximum absolute atomic E-state index is 13.2. The Morgan fingerprint density at radius 3 is 2.43 bits per heavy atom. The van der Waals surface area contributed by atoms with Crippen LogP contribution in [0.4, 0.5) is 5.69 Å². The van der Waals surface area contributed by atoms with E-state index < -0.39 is 10.0 Å². The number of ether oxygens (including phenoxy) is 2. The van der Waals surface area contributed by atoms with Crippen LogP contribution in [0.1, 0.15) is 31.4 Å². The lowest BCUT2D eigenvalue weighted by Gasteiger charge is -2.26. The van der Waals surface area contributed by atoms with E-state index in [1.54, 1.807) is 32.4 Å². The van der Waals surface area contributed by atoms with Gasteiger partial charge in [-0.05, 0) is 43.2 Å². The van der Waals surface area contributed by atoms with Crippen LogP contribution in [0.3, 0.4) is 0 Å². The first-order valence-electron chi connectivity index (χ1n) is 8.98. The zero-order chi connectivity index (χ0) is 20.3. The minimum atomic E-state index is -3.69. The summed E-state index contributed by atoms with van der Waals surface area (Å²) in [6.07, 6.45) is 1.48. The molecular formula is C20H24N2O5S. The Balaban J connectivity index is 1.92. The van der Waals surface area contributed by atoms with E-state index in [4.69, 9.17) is 9.47 Å². The van der Waals surface area contributed by atoms with Crippen molar-refractivity contribution in [2.24, 2.45) is 0 Å². The zero-order valence-corrected chi connectivity index (χ0v) is 17.0. The van der Waals surface area contributed by atoms with Gasteiger partial charge in [0.25, 0.3) is 0 Å². The van der Waals surface area contributed by atoms with E-state index in [9.17, 15) is 13.2 Å². The van der Waals surface area contributed by atoms with Crippen molar-refractivity contribution in [3.8, 4) is 11.5 Å². The number of amides is 1. The molecule has 8 heteroatoms. The molecule has 1 N–H and O–H groups in total. The SMILES string of the molecule is COc1ccc([C@H]2CCCN2S(=O)(=O)c2ccc(NC(C)=O)cc2)c(OC)c1. The maximum Gasteiger partial charge on any atom is 0.243 e. The molecule has 0 unspecified atom stereocenters. The molecule has 1 fully saturated rings. The van der Waals surface area contributed by atoms with Crippen LogP contribution in [0.5, 0.6) is 11.5 Å². The van der Waals surface area contributed by atoms with Gasteiger partial charge in [-0.15, -0.1) is 0 Å². The maximum atomic E-state index is 13.2. The summed E-state index contributed by atoms with van der Waals surface area (Å²) in [5.41, 5.74) is 1.38. The molecule has 0 bridgehead atoms. The highest BCUT2D eigenvalue weighted by molar-refractivity contribution is 7.89. The second-order valence-electron chi connectivity index (χ2n) is 6.59. The Kier molecular flexibility index (Phi) is 5.90. The van der Waals surface area contributed by atoms with Gasteiger partial charge in [0, 0.05) is 30.8 Å². The number of hydrogen-bond acceptors (Lipinski definition) is 5. The van der Waals surface area contributed by atoms with E-state index in [2.05, 4.69) is 5.32 Å². The Morgan fingerprint density at radius 2 is 1.82 bits per heavy atom. The van der Waals surface area contributed by atoms with E-state index in [1.807, 2.05) is 12.1 Å². The number of carbonyl (C=O) groups is 1. The summed E-state index contributed by atoms with van der Waals surface area (Å²) in [5.74, 6) is 1.05. The number of hydrogen-bond donors (Lipinski definition) is 1. The standard InChI is InChI=1S/C20H24N2O5S/c1-14(23)21-15-6-9-17(10-7-15)28(24,25)22-12-4-5-19(22)18-11-8-16(26-2)13-20(18)27-3/h6-11,13,19H,4-5,12H2,1-3H3,(H,21,23)/t19-/m1/s1. The van der Waals surface area contributed by atoms with Crippen LogP contribution in [-0.4, -0.2) is 39.4 Å². The molecule has 150 valence electrons. The molecule has 2 aromatic carbocycles. The fourth-order valence-electron chi connectivity index (χ4n) is 3.48. The smallest absolute Gasteiger partial charge is 0.243 e. The van der Waals surface area contributed by atoms with Gasteiger partial charge in [-0.1, -0.05) is 6.07 Å². The average Bonchev–Trinajstić information content (AvgIpc) is 3.18. The van der Waals surface area contributed by atoms with Crippen molar-refractivity contribution >= 4 is 21.6 Å². The average molecular weight is 404 g/mol. The first kappa shape index (κ1) is 20.2. The monoisotopic (exact) mass is 404 g/mol. The molecule has 2 aromatic rings. The van der Waals surface area contributed by atoms with E-state index >= 15 is 0 Å². The summed E-state index contributed by atoms with van der Waals surface area (Å²) in [6.45, 7) is 1.84. The quantitative estimate of drug-likeness (QED) is 0.799. The van der Waals surface area contributed by atoms with E-state index in [0.717, 1.165) is 12.0 Å². The van der Waals surface area contributed by atoms with Crippen LogP contribution in [0.25, 0.3) is 0 Å². The molecular weight excluding hydrogens is 380 g/mol. The van der Waals surface area contributed by atoms with Gasteiger partial charge in [0.1, 0.15) is 11.5 Å². The van der Waals surface area contributed by atoms with E-state index in [-0.39, 0.29) is 16.8 Å². The molecule has 0 saturated carbocycles. The third-order valence-electron chi connectivity index (χ3n) is 4.78. The van der Waals surface area contributed by atoms with Crippen molar-refractivity contribution in [3.63, 3.8) is 0 Å². The van der Waals surface area contributed by atoms with E-state index in [0.29, 0.717) is 30.2 Å². The number of nitrogens with one attached hydrogen (secondary N) is 1. The van der Waals surface area contributed by atoms with Gasteiger partial charge in [-0.25, -0.2) is 8.42 Å². The first-order valence-corrected chi connectivity index (χ1v) is 10.4. The van der Waals surface area contributed by atoms with Crippen molar-refractivity contribution < 1.29 is 22.7 Å². The molecule has 0 spiro atoms. The van der Waals surface area contributed by atoms with Gasteiger partial charge in [-0.2, -0.15) is 4.31 Å².